The SMILES string of the molecule is Nc1cc(N2CCN(CCO)CC2)ncn1. The third-order valence-corrected chi connectivity index (χ3v) is 2.79. The molecule has 0 unspecified atom stereocenters. The van der Waals surface area contributed by atoms with E-state index >= 15 is 0 Å². The number of nitrogens with two attached hydrogens (primary N) is 1. The molecule has 0 spiro atoms. The van der Waals surface area contributed by atoms with Crippen molar-refractivity contribution in [2.45, 2.75) is 0 Å². The van der Waals surface area contributed by atoms with Gasteiger partial charge in [-0.2, -0.15) is 0 Å². The third-order valence-electron chi connectivity index (χ3n) is 2.79. The van der Waals surface area contributed by atoms with Crippen LogP contribution in [0.3, 0.4) is 0 Å². The first kappa shape index (κ1) is 11.1. The molecular weight excluding hydrogens is 206 g/mol. The third kappa shape index (κ3) is 2.59. The minimum Gasteiger partial charge on any atom is -0.395 e. The average Bonchev–Trinajstić information content (AvgIpc) is 2.30. The van der Waals surface area contributed by atoms with E-state index in [0.717, 1.165) is 38.5 Å². The number of aliphatic hydroxyl groups is 1. The lowest BCUT2D eigenvalue weighted by Gasteiger charge is -2.34. The fraction of sp³-hybridized carbons (Fsp3) is 0.600. The smallest absolute Gasteiger partial charge is 0.134 e. The Balaban J connectivity index is 1.94. The molecule has 6 heteroatoms. The molecule has 0 radical (unpaired) electrons. The Hall–Kier alpha value is -1.40. The first-order chi connectivity index (χ1) is 7.79. The van der Waals surface area contributed by atoms with Crippen LogP contribution in [0, 0.1) is 0 Å². The summed E-state index contributed by atoms with van der Waals surface area (Å²) in [6.07, 6.45) is 1.49. The van der Waals surface area contributed by atoms with Crippen LogP contribution in [0.15, 0.2) is 12.4 Å². The van der Waals surface area contributed by atoms with Crippen LogP contribution >= 0.6 is 0 Å². The zero-order valence-electron chi connectivity index (χ0n) is 9.21. The Morgan fingerprint density at radius 2 is 2.00 bits per heavy atom. The van der Waals surface area contributed by atoms with Crippen molar-refractivity contribution in [1.29, 1.82) is 0 Å². The maximum atomic E-state index is 8.85. The van der Waals surface area contributed by atoms with E-state index in [1.54, 1.807) is 6.07 Å². The maximum absolute atomic E-state index is 8.85. The molecule has 6 nitrogen and oxygen atoms in total. The number of rotatable bonds is 3. The molecule has 0 atom stereocenters. The number of nitrogen functional groups attached to an aromatic ring is 1. The molecule has 0 aromatic carbocycles. The molecule has 2 rings (SSSR count). The fourth-order valence-electron chi connectivity index (χ4n) is 1.88. The molecule has 1 aromatic rings. The predicted molar refractivity (Wildman–Crippen MR) is 62.2 cm³/mol. The van der Waals surface area contributed by atoms with Crippen molar-refractivity contribution in [3.05, 3.63) is 12.4 Å². The summed E-state index contributed by atoms with van der Waals surface area (Å²) in [7, 11) is 0. The van der Waals surface area contributed by atoms with Crippen molar-refractivity contribution in [3.8, 4) is 0 Å². The van der Waals surface area contributed by atoms with Crippen LogP contribution in [-0.4, -0.2) is 59.3 Å². The second-order valence-corrected chi connectivity index (χ2v) is 3.85. The van der Waals surface area contributed by atoms with Crippen LogP contribution in [0.5, 0.6) is 0 Å². The lowest BCUT2D eigenvalue weighted by molar-refractivity contribution is 0.188. The second kappa shape index (κ2) is 5.09. The minimum absolute atomic E-state index is 0.223. The zero-order valence-corrected chi connectivity index (χ0v) is 9.21. The molecule has 0 saturated carbocycles. The molecule has 2 heterocycles. The number of aromatic nitrogens is 2. The van der Waals surface area contributed by atoms with Crippen molar-refractivity contribution in [3.63, 3.8) is 0 Å². The highest BCUT2D eigenvalue weighted by Gasteiger charge is 2.17. The molecule has 0 aliphatic carbocycles. The van der Waals surface area contributed by atoms with Gasteiger partial charge in [0, 0.05) is 38.8 Å². The Kier molecular flexibility index (Phi) is 3.53. The van der Waals surface area contributed by atoms with E-state index in [4.69, 9.17) is 10.8 Å². The summed E-state index contributed by atoms with van der Waals surface area (Å²) in [4.78, 5) is 12.5. The van der Waals surface area contributed by atoms with E-state index in [1.807, 2.05) is 0 Å². The van der Waals surface area contributed by atoms with E-state index in [-0.39, 0.29) is 6.61 Å². The molecule has 1 aromatic heterocycles. The van der Waals surface area contributed by atoms with Gasteiger partial charge in [-0.3, -0.25) is 4.90 Å². The average molecular weight is 223 g/mol. The van der Waals surface area contributed by atoms with E-state index in [2.05, 4.69) is 19.8 Å². The summed E-state index contributed by atoms with van der Waals surface area (Å²) in [5.74, 6) is 1.39. The van der Waals surface area contributed by atoms with Gasteiger partial charge in [0.15, 0.2) is 0 Å². The van der Waals surface area contributed by atoms with Gasteiger partial charge in [0.2, 0.25) is 0 Å². The zero-order chi connectivity index (χ0) is 11.4. The highest BCUT2D eigenvalue weighted by molar-refractivity contribution is 5.46. The van der Waals surface area contributed by atoms with Gasteiger partial charge in [-0.25, -0.2) is 9.97 Å². The Labute approximate surface area is 94.7 Å². The van der Waals surface area contributed by atoms with E-state index in [1.165, 1.54) is 6.33 Å². The van der Waals surface area contributed by atoms with Crippen LogP contribution in [0.25, 0.3) is 0 Å². The lowest BCUT2D eigenvalue weighted by Crippen LogP contribution is -2.47. The molecule has 1 saturated heterocycles. The topological polar surface area (TPSA) is 78.5 Å². The van der Waals surface area contributed by atoms with Crippen LogP contribution < -0.4 is 10.6 Å². The normalized spacial score (nSPS) is 17.7. The van der Waals surface area contributed by atoms with Gasteiger partial charge in [0.1, 0.15) is 18.0 Å². The van der Waals surface area contributed by atoms with Crippen molar-refractivity contribution < 1.29 is 5.11 Å². The molecule has 1 aliphatic heterocycles. The van der Waals surface area contributed by atoms with Gasteiger partial charge in [-0.15, -0.1) is 0 Å². The number of hydrogen-bond donors (Lipinski definition) is 2. The van der Waals surface area contributed by atoms with Gasteiger partial charge >= 0.3 is 0 Å². The van der Waals surface area contributed by atoms with Crippen LogP contribution in [0.2, 0.25) is 0 Å². The van der Waals surface area contributed by atoms with Crippen LogP contribution in [0.4, 0.5) is 11.6 Å². The second-order valence-electron chi connectivity index (χ2n) is 3.85. The number of aliphatic hydroxyl groups excluding tert-OH is 1. The first-order valence-electron chi connectivity index (χ1n) is 5.45. The first-order valence-corrected chi connectivity index (χ1v) is 5.45. The van der Waals surface area contributed by atoms with Gasteiger partial charge in [-0.1, -0.05) is 0 Å². The number of hydrogen-bond acceptors (Lipinski definition) is 6. The molecule has 0 amide bonds. The molecule has 0 bridgehead atoms. The Morgan fingerprint density at radius 3 is 2.62 bits per heavy atom. The van der Waals surface area contributed by atoms with E-state index in [0.29, 0.717) is 5.82 Å². The Morgan fingerprint density at radius 1 is 1.25 bits per heavy atom. The minimum atomic E-state index is 0.223. The molecule has 1 aliphatic rings. The number of anilines is 2. The van der Waals surface area contributed by atoms with Crippen LogP contribution in [-0.2, 0) is 0 Å². The van der Waals surface area contributed by atoms with Crippen molar-refractivity contribution in [2.75, 3.05) is 50.0 Å². The summed E-state index contributed by atoms with van der Waals surface area (Å²) in [6.45, 7) is 4.70. The summed E-state index contributed by atoms with van der Waals surface area (Å²) < 4.78 is 0. The standard InChI is InChI=1S/C10H17N5O/c11-9-7-10(13-8-12-9)15-3-1-14(2-4-15)5-6-16/h7-8,16H,1-6H2,(H2,11,12,13). The monoisotopic (exact) mass is 223 g/mol. The van der Waals surface area contributed by atoms with Crippen molar-refractivity contribution >= 4 is 11.6 Å². The molecule has 16 heavy (non-hydrogen) atoms. The van der Waals surface area contributed by atoms with Gasteiger partial charge in [0.25, 0.3) is 0 Å². The van der Waals surface area contributed by atoms with E-state index in [9.17, 15) is 0 Å². The Bertz CT molecular complexity index is 338. The fourth-order valence-corrected chi connectivity index (χ4v) is 1.88. The molecular formula is C10H17N5O. The van der Waals surface area contributed by atoms with Gasteiger partial charge in [-0.05, 0) is 0 Å². The van der Waals surface area contributed by atoms with Crippen LogP contribution in [0.1, 0.15) is 0 Å². The summed E-state index contributed by atoms with van der Waals surface area (Å²) in [5, 5.41) is 8.85. The number of β-amino-alcohol motifs (C(OH)–C–C–N with tert-alkyl or cyclic N) is 1. The predicted octanol–water partition coefficient (Wildman–Crippen LogP) is -0.827. The van der Waals surface area contributed by atoms with E-state index < -0.39 is 0 Å². The molecule has 1 fully saturated rings. The summed E-state index contributed by atoms with van der Waals surface area (Å²) in [5.41, 5.74) is 5.62. The van der Waals surface area contributed by atoms with Crippen molar-refractivity contribution in [1.82, 2.24) is 14.9 Å². The quantitative estimate of drug-likeness (QED) is 0.696. The van der Waals surface area contributed by atoms with Crippen molar-refractivity contribution in [2.24, 2.45) is 0 Å². The van der Waals surface area contributed by atoms with Gasteiger partial charge < -0.3 is 15.7 Å². The summed E-state index contributed by atoms with van der Waals surface area (Å²) in [6, 6.07) is 1.79. The highest BCUT2D eigenvalue weighted by Crippen LogP contribution is 2.14. The number of piperazine rings is 1. The summed E-state index contributed by atoms with van der Waals surface area (Å²) >= 11 is 0. The maximum Gasteiger partial charge on any atom is 0.134 e. The highest BCUT2D eigenvalue weighted by atomic mass is 16.3. The number of nitrogens with zero attached hydrogens (tertiary/aromatic N) is 4. The van der Waals surface area contributed by atoms with Gasteiger partial charge in [0.05, 0.1) is 6.61 Å². The lowest BCUT2D eigenvalue weighted by atomic mass is 10.3. The largest absolute Gasteiger partial charge is 0.395 e. The molecule has 3 N–H and O–H groups in total. The molecule has 88 valence electrons.